The van der Waals surface area contributed by atoms with Gasteiger partial charge in [-0.05, 0) is 25.1 Å². The van der Waals surface area contributed by atoms with Gasteiger partial charge in [0.2, 0.25) is 0 Å². The number of nitrogens with one attached hydrogen (secondary N) is 2. The van der Waals surface area contributed by atoms with Crippen LogP contribution in [0.4, 0.5) is 16.2 Å². The number of anilines is 2. The monoisotopic (exact) mass is 252 g/mol. The van der Waals surface area contributed by atoms with Crippen molar-refractivity contribution in [2.45, 2.75) is 13.0 Å². The van der Waals surface area contributed by atoms with Crippen molar-refractivity contribution in [3.05, 3.63) is 24.3 Å². The first-order chi connectivity index (χ1) is 8.56. The summed E-state index contributed by atoms with van der Waals surface area (Å²) in [6.45, 7) is 1.69. The summed E-state index contributed by atoms with van der Waals surface area (Å²) in [6.07, 6.45) is -0.548. The molecule has 1 rings (SSSR count). The summed E-state index contributed by atoms with van der Waals surface area (Å²) >= 11 is 0. The number of methoxy groups -OCH3 is 2. The van der Waals surface area contributed by atoms with Gasteiger partial charge in [-0.3, -0.25) is 5.32 Å². The van der Waals surface area contributed by atoms with Crippen LogP contribution in [-0.2, 0) is 14.3 Å². The van der Waals surface area contributed by atoms with E-state index in [1.54, 1.807) is 31.2 Å². The van der Waals surface area contributed by atoms with Crippen LogP contribution in [0.1, 0.15) is 6.92 Å². The normalized spacial score (nSPS) is 11.3. The van der Waals surface area contributed by atoms with Gasteiger partial charge < -0.3 is 14.8 Å². The number of carbonyl (C=O) groups excluding carboxylic acids is 2. The average molecular weight is 252 g/mol. The number of esters is 1. The predicted molar refractivity (Wildman–Crippen MR) is 67.6 cm³/mol. The van der Waals surface area contributed by atoms with Gasteiger partial charge in [0.15, 0.2) is 0 Å². The highest BCUT2D eigenvalue weighted by Crippen LogP contribution is 2.16. The third kappa shape index (κ3) is 3.97. The van der Waals surface area contributed by atoms with E-state index in [-0.39, 0.29) is 5.97 Å². The van der Waals surface area contributed by atoms with Gasteiger partial charge in [0, 0.05) is 11.4 Å². The molecule has 1 aromatic rings. The SMILES string of the molecule is COC(=O)Nc1cccc(NC(C)C(=O)OC)c1. The van der Waals surface area contributed by atoms with Crippen molar-refractivity contribution in [3.8, 4) is 0 Å². The highest BCUT2D eigenvalue weighted by Gasteiger charge is 2.12. The van der Waals surface area contributed by atoms with Crippen molar-refractivity contribution in [3.63, 3.8) is 0 Å². The van der Waals surface area contributed by atoms with Crippen LogP contribution in [0.2, 0.25) is 0 Å². The van der Waals surface area contributed by atoms with E-state index < -0.39 is 12.1 Å². The number of benzene rings is 1. The van der Waals surface area contributed by atoms with E-state index in [0.717, 1.165) is 0 Å². The maximum atomic E-state index is 11.3. The molecule has 2 N–H and O–H groups in total. The average Bonchev–Trinajstić information content (AvgIpc) is 2.37. The lowest BCUT2D eigenvalue weighted by molar-refractivity contribution is -0.141. The Balaban J connectivity index is 2.70. The van der Waals surface area contributed by atoms with E-state index in [9.17, 15) is 9.59 Å². The van der Waals surface area contributed by atoms with Crippen LogP contribution in [0.3, 0.4) is 0 Å². The third-order valence-corrected chi connectivity index (χ3v) is 2.23. The molecule has 1 amide bonds. The molecule has 0 aliphatic rings. The first kappa shape index (κ1) is 13.8. The van der Waals surface area contributed by atoms with Crippen LogP contribution >= 0.6 is 0 Å². The maximum absolute atomic E-state index is 11.3. The highest BCUT2D eigenvalue weighted by molar-refractivity contribution is 5.85. The summed E-state index contributed by atoms with van der Waals surface area (Å²) in [5.74, 6) is -0.360. The second-order valence-corrected chi connectivity index (χ2v) is 3.59. The van der Waals surface area contributed by atoms with Gasteiger partial charge >= 0.3 is 12.1 Å². The van der Waals surface area contributed by atoms with E-state index in [1.165, 1.54) is 14.2 Å². The molecule has 0 aliphatic carbocycles. The molecule has 0 saturated heterocycles. The second kappa shape index (κ2) is 6.48. The van der Waals surface area contributed by atoms with E-state index in [4.69, 9.17) is 0 Å². The zero-order chi connectivity index (χ0) is 13.5. The smallest absolute Gasteiger partial charge is 0.411 e. The Morgan fingerprint density at radius 2 is 1.83 bits per heavy atom. The summed E-state index contributed by atoms with van der Waals surface area (Å²) in [6, 6.07) is 6.46. The van der Waals surface area contributed by atoms with Crippen molar-refractivity contribution in [1.82, 2.24) is 0 Å². The minimum atomic E-state index is -0.548. The molecule has 6 heteroatoms. The topological polar surface area (TPSA) is 76.7 Å². The Morgan fingerprint density at radius 3 is 2.44 bits per heavy atom. The molecule has 0 saturated carbocycles. The Bertz CT molecular complexity index is 434. The van der Waals surface area contributed by atoms with Crippen LogP contribution in [-0.4, -0.2) is 32.3 Å². The van der Waals surface area contributed by atoms with Gasteiger partial charge in [-0.1, -0.05) is 6.07 Å². The van der Waals surface area contributed by atoms with Crippen molar-refractivity contribution >= 4 is 23.4 Å². The molecule has 0 fully saturated rings. The molecular weight excluding hydrogens is 236 g/mol. The number of amides is 1. The summed E-state index contributed by atoms with van der Waals surface area (Å²) in [4.78, 5) is 22.3. The number of hydrogen-bond donors (Lipinski definition) is 2. The lowest BCUT2D eigenvalue weighted by atomic mass is 10.2. The van der Waals surface area contributed by atoms with Gasteiger partial charge in [0.25, 0.3) is 0 Å². The van der Waals surface area contributed by atoms with Gasteiger partial charge in [-0.2, -0.15) is 0 Å². The quantitative estimate of drug-likeness (QED) is 0.799. The molecule has 0 aromatic heterocycles. The van der Waals surface area contributed by atoms with Crippen molar-refractivity contribution < 1.29 is 19.1 Å². The molecule has 1 unspecified atom stereocenters. The van der Waals surface area contributed by atoms with Crippen LogP contribution in [0.25, 0.3) is 0 Å². The van der Waals surface area contributed by atoms with Crippen LogP contribution in [0, 0.1) is 0 Å². The maximum Gasteiger partial charge on any atom is 0.411 e. The van der Waals surface area contributed by atoms with E-state index in [2.05, 4.69) is 20.1 Å². The summed E-state index contributed by atoms with van der Waals surface area (Å²) in [7, 11) is 2.62. The van der Waals surface area contributed by atoms with Gasteiger partial charge in [-0.15, -0.1) is 0 Å². The Labute approximate surface area is 105 Å². The van der Waals surface area contributed by atoms with Crippen molar-refractivity contribution in [1.29, 1.82) is 0 Å². The summed E-state index contributed by atoms with van der Waals surface area (Å²) in [5, 5.41) is 5.49. The van der Waals surface area contributed by atoms with Gasteiger partial charge in [-0.25, -0.2) is 9.59 Å². The summed E-state index contributed by atoms with van der Waals surface area (Å²) in [5.41, 5.74) is 1.27. The fourth-order valence-corrected chi connectivity index (χ4v) is 1.34. The standard InChI is InChI=1S/C12H16N2O4/c1-8(11(15)17-2)13-9-5-4-6-10(7-9)14-12(16)18-3/h4-8,13H,1-3H3,(H,14,16). The van der Waals surface area contributed by atoms with Crippen molar-refractivity contribution in [2.75, 3.05) is 24.9 Å². The second-order valence-electron chi connectivity index (χ2n) is 3.59. The molecule has 6 nitrogen and oxygen atoms in total. The Hall–Kier alpha value is -2.24. The molecule has 0 heterocycles. The van der Waals surface area contributed by atoms with Crippen LogP contribution < -0.4 is 10.6 Å². The summed E-state index contributed by atoms with van der Waals surface area (Å²) < 4.78 is 9.09. The fourth-order valence-electron chi connectivity index (χ4n) is 1.34. The number of carbonyl (C=O) groups is 2. The van der Waals surface area contributed by atoms with Crippen molar-refractivity contribution in [2.24, 2.45) is 0 Å². The molecule has 0 aliphatic heterocycles. The van der Waals surface area contributed by atoms with E-state index in [0.29, 0.717) is 11.4 Å². The third-order valence-electron chi connectivity index (χ3n) is 2.23. The molecule has 0 spiro atoms. The Kier molecular flexibility index (Phi) is 4.98. The lowest BCUT2D eigenvalue weighted by Crippen LogP contribution is -2.27. The Morgan fingerprint density at radius 1 is 1.17 bits per heavy atom. The first-order valence-corrected chi connectivity index (χ1v) is 5.36. The molecule has 0 bridgehead atoms. The zero-order valence-electron chi connectivity index (χ0n) is 10.5. The molecule has 98 valence electrons. The first-order valence-electron chi connectivity index (χ1n) is 5.36. The minimum absolute atomic E-state index is 0.360. The predicted octanol–water partition coefficient (Wildman–Crippen LogP) is 1.84. The fraction of sp³-hybridized carbons (Fsp3) is 0.333. The number of rotatable bonds is 4. The zero-order valence-corrected chi connectivity index (χ0v) is 10.5. The van der Waals surface area contributed by atoms with Crippen LogP contribution in [0.5, 0.6) is 0 Å². The van der Waals surface area contributed by atoms with Gasteiger partial charge in [0.05, 0.1) is 14.2 Å². The largest absolute Gasteiger partial charge is 0.467 e. The minimum Gasteiger partial charge on any atom is -0.467 e. The van der Waals surface area contributed by atoms with Crippen LogP contribution in [0.15, 0.2) is 24.3 Å². The molecule has 1 aromatic carbocycles. The molecule has 18 heavy (non-hydrogen) atoms. The van der Waals surface area contributed by atoms with Gasteiger partial charge in [0.1, 0.15) is 6.04 Å². The van der Waals surface area contributed by atoms with E-state index >= 15 is 0 Å². The lowest BCUT2D eigenvalue weighted by Gasteiger charge is -2.13. The number of ether oxygens (including phenoxy) is 2. The number of hydrogen-bond acceptors (Lipinski definition) is 5. The highest BCUT2D eigenvalue weighted by atomic mass is 16.5. The molecule has 0 radical (unpaired) electrons. The molecule has 1 atom stereocenters. The van der Waals surface area contributed by atoms with E-state index in [1.807, 2.05) is 0 Å². The molecular formula is C12H16N2O4.